The van der Waals surface area contributed by atoms with E-state index < -0.39 is 119 Å². The fraction of sp³-hybridized carbons (Fsp3) is 0.768. The molecule has 6 N–H and O–H groups in total. The van der Waals surface area contributed by atoms with Crippen LogP contribution in [0.5, 0.6) is 0 Å². The number of carbonyl (C=O) groups is 3. The monoisotopic (exact) mass is 1120 g/mol. The van der Waals surface area contributed by atoms with Crippen LogP contribution in [-0.2, 0) is 53.9 Å². The Morgan fingerprint density at radius 2 is 1.61 bits per heavy atom. The van der Waals surface area contributed by atoms with Gasteiger partial charge in [-0.25, -0.2) is 9.59 Å². The number of aliphatic hydroxyl groups is 4. The molecular weight excluding hydrogens is 1030 g/mol. The summed E-state index contributed by atoms with van der Waals surface area (Å²) >= 11 is 0. The van der Waals surface area contributed by atoms with Crippen LogP contribution in [0.3, 0.4) is 0 Å². The number of carboxylic acid groups (broad SMARTS) is 1. The van der Waals surface area contributed by atoms with E-state index in [-0.39, 0.29) is 50.1 Å². The molecule has 0 saturated carbocycles. The van der Waals surface area contributed by atoms with Gasteiger partial charge in [-0.15, -0.1) is 0 Å². The second-order valence-electron chi connectivity index (χ2n) is 23.0. The second kappa shape index (κ2) is 27.5. The zero-order valence-corrected chi connectivity index (χ0v) is 49.2. The Hall–Kier alpha value is -4.53. The highest BCUT2D eigenvalue weighted by Gasteiger charge is 2.54. The zero-order valence-electron chi connectivity index (χ0n) is 49.2. The average Bonchev–Trinajstić information content (AvgIpc) is 3.42. The quantitative estimate of drug-likeness (QED) is 0.0703. The maximum Gasteiger partial charge on any atom is 0.407 e. The Labute approximate surface area is 464 Å². The van der Waals surface area contributed by atoms with Crippen molar-refractivity contribution in [1.29, 1.82) is 0 Å². The van der Waals surface area contributed by atoms with E-state index in [1.165, 1.54) is 27.3 Å². The molecule has 0 unspecified atom stereocenters. The molecule has 0 spiro atoms. The van der Waals surface area contributed by atoms with E-state index in [2.05, 4.69) is 10.5 Å². The molecule has 3 saturated heterocycles. The van der Waals surface area contributed by atoms with Gasteiger partial charge in [-0.2, -0.15) is 0 Å². The van der Waals surface area contributed by atoms with Crippen molar-refractivity contribution in [3.8, 4) is 0 Å². The number of nitrogens with one attached hydrogen (secondary N) is 1. The number of benzene rings is 1. The van der Waals surface area contributed by atoms with Crippen molar-refractivity contribution < 1.29 is 82.6 Å². The third-order valence-electron chi connectivity index (χ3n) is 16.2. The summed E-state index contributed by atoms with van der Waals surface area (Å²) in [6, 6.07) is 5.01. The van der Waals surface area contributed by atoms with Crippen molar-refractivity contribution in [2.75, 3.05) is 67.2 Å². The predicted molar refractivity (Wildman–Crippen MR) is 292 cm³/mol. The lowest BCUT2D eigenvalue weighted by molar-refractivity contribution is -0.317. The van der Waals surface area contributed by atoms with E-state index >= 15 is 0 Å². The zero-order chi connectivity index (χ0) is 59.1. The molecule has 448 valence electrons. The van der Waals surface area contributed by atoms with Gasteiger partial charge in [0, 0.05) is 76.2 Å². The minimum Gasteiger partial charge on any atom is -0.477 e. The van der Waals surface area contributed by atoms with Crippen LogP contribution in [0.2, 0.25) is 0 Å². The number of ether oxygens (including phenoxy) is 8. The fourth-order valence-electron chi connectivity index (χ4n) is 11.8. The molecule has 23 nitrogen and oxygen atoms in total. The minimum atomic E-state index is -1.98. The topological polar surface area (TPSA) is 288 Å². The van der Waals surface area contributed by atoms with Gasteiger partial charge in [0.1, 0.15) is 36.1 Å². The van der Waals surface area contributed by atoms with Crippen molar-refractivity contribution in [3.05, 3.63) is 45.7 Å². The first kappa shape index (κ1) is 65.3. The highest BCUT2D eigenvalue weighted by atomic mass is 16.7. The van der Waals surface area contributed by atoms with Gasteiger partial charge in [0.2, 0.25) is 5.43 Å². The molecule has 0 radical (unpaired) electrons. The number of aryl methyl sites for hydroxylation is 1. The van der Waals surface area contributed by atoms with Crippen molar-refractivity contribution in [1.82, 2.24) is 14.9 Å². The Balaban J connectivity index is 1.33. The summed E-state index contributed by atoms with van der Waals surface area (Å²) in [5, 5.41) is 67.1. The molecular formula is C56H91N5O18. The van der Waals surface area contributed by atoms with E-state index in [9.17, 15) is 44.7 Å². The molecule has 0 aliphatic carbocycles. The molecule has 1 aromatic heterocycles. The summed E-state index contributed by atoms with van der Waals surface area (Å²) in [5.74, 6) is -5.59. The minimum absolute atomic E-state index is 0.0117. The molecule has 79 heavy (non-hydrogen) atoms. The van der Waals surface area contributed by atoms with Crippen LogP contribution < -0.4 is 15.8 Å². The number of aromatic nitrogens is 1. The van der Waals surface area contributed by atoms with Gasteiger partial charge >= 0.3 is 18.0 Å². The number of amides is 1. The molecule has 5 rings (SSSR count). The number of esters is 1. The van der Waals surface area contributed by atoms with Gasteiger partial charge in [0.05, 0.1) is 59.9 Å². The van der Waals surface area contributed by atoms with E-state index in [0.29, 0.717) is 42.5 Å². The highest BCUT2D eigenvalue weighted by Crippen LogP contribution is 2.42. The molecule has 2 aromatic rings. The Kier molecular flexibility index (Phi) is 22.7. The number of carbonyl (C=O) groups excluding carboxylic acids is 2. The van der Waals surface area contributed by atoms with Gasteiger partial charge in [0.25, 0.3) is 0 Å². The molecule has 3 fully saturated rings. The van der Waals surface area contributed by atoms with Crippen LogP contribution in [0.1, 0.15) is 117 Å². The lowest BCUT2D eigenvalue weighted by Crippen LogP contribution is -2.61. The number of fused-ring (bicyclic) bond motifs is 1. The number of methoxy groups -OCH3 is 1. The van der Waals surface area contributed by atoms with E-state index in [1.54, 1.807) is 84.4 Å². The van der Waals surface area contributed by atoms with Crippen molar-refractivity contribution in [2.45, 2.75) is 192 Å². The Morgan fingerprint density at radius 1 is 0.924 bits per heavy atom. The smallest absolute Gasteiger partial charge is 0.407 e. The second-order valence-corrected chi connectivity index (χ2v) is 23.0. The summed E-state index contributed by atoms with van der Waals surface area (Å²) < 4.78 is 52.0. The van der Waals surface area contributed by atoms with Crippen molar-refractivity contribution in [3.63, 3.8) is 0 Å². The van der Waals surface area contributed by atoms with E-state index in [1.807, 2.05) is 38.9 Å². The lowest BCUT2D eigenvalue weighted by atomic mass is 9.73. The highest BCUT2D eigenvalue weighted by molar-refractivity contribution is 5.93. The van der Waals surface area contributed by atoms with E-state index in [4.69, 9.17) is 42.7 Å². The third kappa shape index (κ3) is 15.3. The van der Waals surface area contributed by atoms with Crippen LogP contribution in [0, 0.1) is 23.7 Å². The average molecular weight is 1120 g/mol. The number of pyridine rings is 1. The summed E-state index contributed by atoms with van der Waals surface area (Å²) in [4.78, 5) is 59.9. The summed E-state index contributed by atoms with van der Waals surface area (Å²) in [5.41, 5.74) is -4.14. The molecule has 23 heteroatoms. The number of hydrogen-bond acceptors (Lipinski definition) is 20. The van der Waals surface area contributed by atoms with Gasteiger partial charge in [0.15, 0.2) is 18.7 Å². The summed E-state index contributed by atoms with van der Waals surface area (Å²) in [6.07, 6.45) is -8.50. The number of oxime groups is 1. The summed E-state index contributed by atoms with van der Waals surface area (Å²) in [6.45, 7) is 17.5. The first-order valence-corrected chi connectivity index (χ1v) is 27.5. The fourth-order valence-corrected chi connectivity index (χ4v) is 11.8. The van der Waals surface area contributed by atoms with Crippen LogP contribution in [-0.4, -0.2) is 205 Å². The SMILES string of the molecule is CC[C@H]1OC(=O)[C@H](C)[C@@H](O[C@H]2C[C@@](C)(OC)[C@@H](OC(=O)NCCOCCCc3ccc4c(c3)c(=O)c(C(=O)O)cn4N(C)C)[C@H](C)O2)[C@H](C)[C@@H](O[C@@H]2O[C@H](C)C[C@H](N(C)C)[C@H]2O)[C@](C)(O)C[C@@H](C)C(=NOC)[C@H](C)[C@@H](O)[C@]1(C)O. The standard InChI is InChI=1S/C56H91N5O18/c1-17-41-56(10,70)47(64)32(4)43(58-72-16)30(2)27-54(8,69)48(78-52-45(63)40(59(11)12)25-31(3)74-52)33(5)46(34(6)51(67)76-41)77-42-28-55(9,71-15)49(35(7)75-42)79-53(68)57-22-24-73-23-18-19-36-20-21-39-37(26-36)44(62)38(50(65)66)29-61(39)60(13)14/h20-21,26,29-35,40-42,45-49,52,63-64,69-70H,17-19,22-25,27-28H2,1-16H3,(H,57,68)(H,65,66)/t30-,31-,32+,33+,34-,35+,40+,41-,42+,45-,46+,47-,48-,49+,52+,54-,55-,56-/m1/s1. The first-order chi connectivity index (χ1) is 36.9. The normalized spacial score (nSPS) is 36.6. The molecule has 1 amide bonds. The Morgan fingerprint density at radius 3 is 2.22 bits per heavy atom. The number of nitrogens with zero attached hydrogens (tertiary/aromatic N) is 4. The Bertz CT molecular complexity index is 2450. The first-order valence-electron chi connectivity index (χ1n) is 27.5. The molecule has 3 aliphatic rings. The van der Waals surface area contributed by atoms with Crippen LogP contribution in [0.25, 0.3) is 10.9 Å². The van der Waals surface area contributed by atoms with Crippen molar-refractivity contribution >= 4 is 34.6 Å². The van der Waals surface area contributed by atoms with E-state index in [0.717, 1.165) is 5.56 Å². The van der Waals surface area contributed by atoms with Crippen LogP contribution in [0.4, 0.5) is 4.79 Å². The van der Waals surface area contributed by atoms with Gasteiger partial charge in [-0.3, -0.25) is 14.3 Å². The number of likely N-dealkylation sites (N-methyl/N-ethyl adjacent to an activating group) is 1. The molecule has 0 bridgehead atoms. The van der Waals surface area contributed by atoms with Crippen molar-refractivity contribution in [2.24, 2.45) is 28.8 Å². The van der Waals surface area contributed by atoms with Gasteiger partial charge in [-0.1, -0.05) is 38.9 Å². The third-order valence-corrected chi connectivity index (χ3v) is 16.2. The molecule has 4 heterocycles. The maximum absolute atomic E-state index is 14.6. The number of carboxylic acids is 1. The number of aromatic carboxylic acids is 1. The summed E-state index contributed by atoms with van der Waals surface area (Å²) in [7, 11) is 10.0. The predicted octanol–water partition coefficient (Wildman–Crippen LogP) is 3.81. The number of cyclic esters (lactones) is 1. The number of alkyl carbamates (subject to hydrolysis) is 1. The number of rotatable bonds is 18. The van der Waals surface area contributed by atoms with Crippen LogP contribution in [0.15, 0.2) is 34.3 Å². The number of aliphatic hydroxyl groups excluding tert-OH is 2. The molecule has 1 aromatic carbocycles. The maximum atomic E-state index is 14.6. The number of hydrogen-bond donors (Lipinski definition) is 6. The van der Waals surface area contributed by atoms with Gasteiger partial charge < -0.3 is 83.5 Å². The lowest BCUT2D eigenvalue weighted by Gasteiger charge is -2.49. The van der Waals surface area contributed by atoms with Gasteiger partial charge in [-0.05, 0) is 105 Å². The van der Waals surface area contributed by atoms with Crippen LogP contribution >= 0.6 is 0 Å². The molecule has 3 aliphatic heterocycles. The molecule has 18 atom stereocenters. The largest absolute Gasteiger partial charge is 0.477 e.